The third kappa shape index (κ3) is 4.82. The van der Waals surface area contributed by atoms with E-state index in [1.54, 1.807) is 13.4 Å². The van der Waals surface area contributed by atoms with Crippen LogP contribution in [0.4, 0.5) is 17.3 Å². The summed E-state index contributed by atoms with van der Waals surface area (Å²) in [7, 11) is -2.39. The van der Waals surface area contributed by atoms with Crippen molar-refractivity contribution in [2.75, 3.05) is 7.11 Å². The minimum Gasteiger partial charge on any atom is -0.418 e. The Balaban J connectivity index is 0.000000312. The Hall–Kier alpha value is -1.71. The van der Waals surface area contributed by atoms with Gasteiger partial charge in [-0.1, -0.05) is 0 Å². The van der Waals surface area contributed by atoms with Gasteiger partial charge in [0.05, 0.1) is 13.4 Å². The molecule has 0 aliphatic rings. The molecule has 5 nitrogen and oxygen atoms in total. The molecule has 2 aromatic heterocycles. The minimum atomic E-state index is -6.00. The lowest BCUT2D eigenvalue weighted by atomic mass is 10.3. The van der Waals surface area contributed by atoms with E-state index in [4.69, 9.17) is 4.74 Å². The molecule has 0 aromatic carbocycles. The van der Waals surface area contributed by atoms with E-state index in [1.807, 2.05) is 24.7 Å². The molecule has 0 bridgehead atoms. The second-order valence-electron chi connectivity index (χ2n) is 3.72. The van der Waals surface area contributed by atoms with Crippen LogP contribution in [-0.2, 0) is 11.8 Å². The predicted molar refractivity (Wildman–Crippen MR) is 60.7 cm³/mol. The van der Waals surface area contributed by atoms with E-state index in [1.165, 1.54) is 0 Å². The number of aromatic amines is 1. The van der Waals surface area contributed by atoms with Crippen LogP contribution in [0.25, 0.3) is 11.2 Å². The van der Waals surface area contributed by atoms with Gasteiger partial charge >= 0.3 is 13.1 Å². The van der Waals surface area contributed by atoms with E-state index in [-0.39, 0.29) is 6.10 Å². The Labute approximate surface area is 106 Å². The minimum absolute atomic E-state index is 0.0268. The topological polar surface area (TPSA) is 54.7 Å². The number of aromatic nitrogens is 4. The average molecular weight is 280 g/mol. The highest BCUT2D eigenvalue weighted by atomic mass is 19.5. The highest BCUT2D eigenvalue weighted by Crippen LogP contribution is 2.11. The second kappa shape index (κ2) is 5.96. The molecular formula is C9H13BF4N4O. The number of H-pyrrole nitrogens is 1. The number of methoxy groups -OCH3 is 1. The molecule has 0 radical (unpaired) electrons. The quantitative estimate of drug-likeness (QED) is 0.518. The smallest absolute Gasteiger partial charge is 0.418 e. The lowest BCUT2D eigenvalue weighted by Crippen LogP contribution is -2.36. The van der Waals surface area contributed by atoms with E-state index >= 15 is 0 Å². The van der Waals surface area contributed by atoms with Crippen molar-refractivity contribution in [3.63, 3.8) is 0 Å². The predicted octanol–water partition coefficient (Wildman–Crippen LogP) is 1.79. The Morgan fingerprint density at radius 2 is 1.95 bits per heavy atom. The molecule has 2 heterocycles. The van der Waals surface area contributed by atoms with Crippen molar-refractivity contribution in [3.8, 4) is 0 Å². The van der Waals surface area contributed by atoms with Crippen LogP contribution in [0.2, 0.25) is 0 Å². The van der Waals surface area contributed by atoms with E-state index in [0.29, 0.717) is 0 Å². The molecule has 2 rings (SSSR count). The molecule has 2 aromatic rings. The lowest BCUT2D eigenvalue weighted by molar-refractivity contribution is -0.684. The summed E-state index contributed by atoms with van der Waals surface area (Å²) in [4.78, 5) is 11.5. The Morgan fingerprint density at radius 3 is 2.47 bits per heavy atom. The Bertz CT molecular complexity index is 538. The van der Waals surface area contributed by atoms with Crippen molar-refractivity contribution in [3.05, 3.63) is 18.3 Å². The molecule has 0 amide bonds. The maximum absolute atomic E-state index is 9.75. The van der Waals surface area contributed by atoms with Crippen molar-refractivity contribution < 1.29 is 26.6 Å². The molecule has 0 aliphatic carbocycles. The number of nitrogens with zero attached hydrogens (tertiary/aromatic N) is 3. The summed E-state index contributed by atoms with van der Waals surface area (Å²) in [6.45, 7) is 1.96. The number of fused-ring (bicyclic) bond motifs is 1. The molecule has 0 saturated carbocycles. The first-order chi connectivity index (χ1) is 8.72. The molecule has 0 aliphatic heterocycles. The monoisotopic (exact) mass is 280 g/mol. The number of rotatable bonds is 2. The lowest BCUT2D eigenvalue weighted by Gasteiger charge is -2.04. The van der Waals surface area contributed by atoms with Crippen LogP contribution in [0.5, 0.6) is 0 Å². The summed E-state index contributed by atoms with van der Waals surface area (Å²) in [6, 6.07) is 0. The first-order valence-electron chi connectivity index (χ1n) is 5.32. The largest absolute Gasteiger partial charge is 0.673 e. The fourth-order valence-corrected chi connectivity index (χ4v) is 1.41. The number of imidazole rings is 1. The van der Waals surface area contributed by atoms with Gasteiger partial charge < -0.3 is 27.0 Å². The Kier molecular flexibility index (Phi) is 4.81. The van der Waals surface area contributed by atoms with E-state index < -0.39 is 7.25 Å². The molecule has 1 unspecified atom stereocenters. The van der Waals surface area contributed by atoms with Gasteiger partial charge in [0.15, 0.2) is 11.6 Å². The summed E-state index contributed by atoms with van der Waals surface area (Å²) < 4.78 is 46.2. The summed E-state index contributed by atoms with van der Waals surface area (Å²) in [6.07, 6.45) is 3.57. The first kappa shape index (κ1) is 15.4. The van der Waals surface area contributed by atoms with Gasteiger partial charge in [-0.25, -0.2) is 4.57 Å². The third-order valence-corrected chi connectivity index (χ3v) is 2.27. The highest BCUT2D eigenvalue weighted by Gasteiger charge is 2.21. The molecule has 19 heavy (non-hydrogen) atoms. The number of halogens is 4. The molecule has 0 fully saturated rings. The van der Waals surface area contributed by atoms with Gasteiger partial charge in [0.2, 0.25) is 0 Å². The van der Waals surface area contributed by atoms with Gasteiger partial charge in [-0.15, -0.1) is 0 Å². The summed E-state index contributed by atoms with van der Waals surface area (Å²) in [5.74, 6) is 0.868. The first-order valence-corrected chi connectivity index (χ1v) is 5.32. The van der Waals surface area contributed by atoms with Crippen LogP contribution in [0, 0.1) is 0 Å². The van der Waals surface area contributed by atoms with Gasteiger partial charge in [-0.3, -0.25) is 0 Å². The molecule has 10 heteroatoms. The molecule has 106 valence electrons. The fourth-order valence-electron chi connectivity index (χ4n) is 1.41. The molecule has 0 spiro atoms. The van der Waals surface area contributed by atoms with Gasteiger partial charge in [0.25, 0.3) is 5.65 Å². The van der Waals surface area contributed by atoms with Crippen molar-refractivity contribution in [2.24, 2.45) is 7.05 Å². The van der Waals surface area contributed by atoms with Crippen LogP contribution >= 0.6 is 0 Å². The fraction of sp³-hybridized carbons (Fsp3) is 0.444. The summed E-state index contributed by atoms with van der Waals surface area (Å²) in [5, 5.41) is 0. The maximum Gasteiger partial charge on any atom is 0.673 e. The van der Waals surface area contributed by atoms with Crippen LogP contribution < -0.4 is 4.57 Å². The van der Waals surface area contributed by atoms with Gasteiger partial charge in [-0.05, 0) is 11.9 Å². The van der Waals surface area contributed by atoms with Gasteiger partial charge in [0, 0.05) is 7.11 Å². The third-order valence-electron chi connectivity index (χ3n) is 2.27. The standard InChI is InChI=1S/C9H12N4O.BF4/c1-6(14-3)9-12-8-7(4-13(9)2)10-5-11-8;2-1(3,4)5/h4-6H,1-3H3;/q;-1/p+1. The summed E-state index contributed by atoms with van der Waals surface area (Å²) >= 11 is 0. The van der Waals surface area contributed by atoms with E-state index in [2.05, 4.69) is 15.0 Å². The van der Waals surface area contributed by atoms with E-state index in [0.717, 1.165) is 17.0 Å². The van der Waals surface area contributed by atoms with Crippen molar-refractivity contribution in [1.29, 1.82) is 0 Å². The average Bonchev–Trinajstić information content (AvgIpc) is 2.71. The van der Waals surface area contributed by atoms with Crippen molar-refractivity contribution >= 4 is 18.4 Å². The Morgan fingerprint density at radius 1 is 1.37 bits per heavy atom. The zero-order valence-corrected chi connectivity index (χ0v) is 10.6. The zero-order valence-electron chi connectivity index (χ0n) is 10.6. The molecule has 0 saturated heterocycles. The molecular weight excluding hydrogens is 267 g/mol. The number of nitrogens with one attached hydrogen (secondary N) is 1. The SMILES string of the molecule is COC(C)c1nc2nc[nH]c2c[n+]1C.F[B-](F)(F)F. The molecule has 1 N–H and O–H groups in total. The normalized spacial score (nSPS) is 13.0. The van der Waals surface area contributed by atoms with Crippen LogP contribution in [0.15, 0.2) is 12.5 Å². The van der Waals surface area contributed by atoms with Gasteiger partial charge in [-0.2, -0.15) is 4.98 Å². The number of aryl methyl sites for hydroxylation is 1. The number of hydrogen-bond donors (Lipinski definition) is 1. The van der Waals surface area contributed by atoms with Crippen molar-refractivity contribution in [1.82, 2.24) is 15.0 Å². The van der Waals surface area contributed by atoms with E-state index in [9.17, 15) is 17.3 Å². The van der Waals surface area contributed by atoms with Crippen LogP contribution in [0.1, 0.15) is 18.9 Å². The maximum atomic E-state index is 9.75. The highest BCUT2D eigenvalue weighted by molar-refractivity contribution is 6.50. The number of hydrogen-bond acceptors (Lipinski definition) is 3. The zero-order chi connectivity index (χ0) is 14.6. The van der Waals surface area contributed by atoms with Crippen LogP contribution in [0.3, 0.4) is 0 Å². The molecule has 1 atom stereocenters. The second-order valence-corrected chi connectivity index (χ2v) is 3.72. The summed E-state index contributed by atoms with van der Waals surface area (Å²) in [5.41, 5.74) is 1.65. The van der Waals surface area contributed by atoms with Crippen LogP contribution in [-0.4, -0.2) is 29.3 Å². The number of ether oxygens (including phenoxy) is 1. The van der Waals surface area contributed by atoms with Crippen molar-refractivity contribution in [2.45, 2.75) is 13.0 Å². The van der Waals surface area contributed by atoms with Gasteiger partial charge in [0.1, 0.15) is 6.20 Å².